The Morgan fingerprint density at radius 3 is 1.53 bits per heavy atom. The zero-order valence-electron chi connectivity index (χ0n) is 30.8. The van der Waals surface area contributed by atoms with Crippen molar-refractivity contribution in [1.82, 2.24) is 0 Å². The largest absolute Gasteiger partial charge is 0.480 e. The molecule has 0 spiro atoms. The molecule has 0 fully saturated rings. The van der Waals surface area contributed by atoms with Crippen LogP contribution in [-0.2, 0) is 37.5 Å². The first-order valence-corrected chi connectivity index (χ1v) is 20.7. The van der Waals surface area contributed by atoms with Crippen molar-refractivity contribution in [3.8, 4) is 0 Å². The normalized spacial score (nSPS) is 14.0. The third-order valence-corrected chi connectivity index (χ3v) is 9.21. The standard InChI is InChI=1S/C37H70NO10P/c1-3-5-7-9-11-13-15-17-19-20-22-24-26-28-35(39)45-30-33(31-46-49(43,44)47-32-34(38)37(41)42)48-36(40)29-27-25-23-21-18-16-14-12-10-8-6-4-2/h12,14,33-34H,3-11,13,15-32,38H2,1-2H3,(H,41,42)(H,43,44)/b14-12+/t33-,34+/m1/s1. The van der Waals surface area contributed by atoms with E-state index >= 15 is 0 Å². The highest BCUT2D eigenvalue weighted by Crippen LogP contribution is 2.43. The van der Waals surface area contributed by atoms with E-state index in [-0.39, 0.29) is 19.4 Å². The minimum Gasteiger partial charge on any atom is -0.480 e. The van der Waals surface area contributed by atoms with Crippen molar-refractivity contribution in [3.05, 3.63) is 12.2 Å². The maximum Gasteiger partial charge on any atom is 0.472 e. The average molecular weight is 720 g/mol. The summed E-state index contributed by atoms with van der Waals surface area (Å²) in [6, 6.07) is -1.52. The molecule has 0 aliphatic carbocycles. The topological polar surface area (TPSA) is 172 Å². The van der Waals surface area contributed by atoms with Crippen molar-refractivity contribution in [2.45, 2.75) is 187 Å². The number of unbranched alkanes of at least 4 members (excludes halogenated alkanes) is 20. The predicted molar refractivity (Wildman–Crippen MR) is 194 cm³/mol. The van der Waals surface area contributed by atoms with Crippen LogP contribution in [0.3, 0.4) is 0 Å². The van der Waals surface area contributed by atoms with Gasteiger partial charge in [-0.3, -0.25) is 23.4 Å². The van der Waals surface area contributed by atoms with Gasteiger partial charge < -0.3 is 25.2 Å². The van der Waals surface area contributed by atoms with Gasteiger partial charge in [0.1, 0.15) is 12.6 Å². The van der Waals surface area contributed by atoms with Crippen molar-refractivity contribution >= 4 is 25.7 Å². The molecule has 0 aliphatic rings. The number of carbonyl (C=O) groups excluding carboxylic acids is 2. The van der Waals surface area contributed by atoms with Crippen LogP contribution >= 0.6 is 7.82 Å². The number of carboxylic acid groups (broad SMARTS) is 1. The van der Waals surface area contributed by atoms with E-state index < -0.39 is 51.1 Å². The summed E-state index contributed by atoms with van der Waals surface area (Å²) < 4.78 is 32.5. The van der Waals surface area contributed by atoms with Crippen molar-refractivity contribution in [2.75, 3.05) is 19.8 Å². The molecule has 0 aromatic rings. The Kier molecular flexibility index (Phi) is 32.2. The zero-order chi connectivity index (χ0) is 36.4. The molecule has 11 nitrogen and oxygen atoms in total. The number of ether oxygens (including phenoxy) is 2. The number of carbonyl (C=O) groups is 3. The molecule has 0 saturated heterocycles. The van der Waals surface area contributed by atoms with Crippen LogP contribution in [0.2, 0.25) is 0 Å². The molecule has 0 aromatic carbocycles. The number of esters is 2. The van der Waals surface area contributed by atoms with Gasteiger partial charge in [0.15, 0.2) is 6.10 Å². The second-order valence-electron chi connectivity index (χ2n) is 13.1. The fourth-order valence-corrected chi connectivity index (χ4v) is 5.95. The zero-order valence-corrected chi connectivity index (χ0v) is 31.7. The highest BCUT2D eigenvalue weighted by molar-refractivity contribution is 7.47. The Hall–Kier alpha value is -1.78. The fraction of sp³-hybridized carbons (Fsp3) is 0.865. The molecule has 1 unspecified atom stereocenters. The van der Waals surface area contributed by atoms with Gasteiger partial charge in [0.05, 0.1) is 13.2 Å². The Balaban J connectivity index is 4.43. The van der Waals surface area contributed by atoms with E-state index in [0.29, 0.717) is 12.8 Å². The number of hydrogen-bond acceptors (Lipinski definition) is 9. The fourth-order valence-electron chi connectivity index (χ4n) is 5.18. The molecule has 0 heterocycles. The average Bonchev–Trinajstić information content (AvgIpc) is 3.07. The number of nitrogens with two attached hydrogens (primary N) is 1. The maximum absolute atomic E-state index is 12.5. The molecule has 0 rings (SSSR count). The van der Waals surface area contributed by atoms with Crippen molar-refractivity contribution in [1.29, 1.82) is 0 Å². The van der Waals surface area contributed by atoms with Gasteiger partial charge in [0.2, 0.25) is 0 Å². The van der Waals surface area contributed by atoms with Gasteiger partial charge in [-0.05, 0) is 38.5 Å². The van der Waals surface area contributed by atoms with Crippen LogP contribution in [0.25, 0.3) is 0 Å². The van der Waals surface area contributed by atoms with Gasteiger partial charge >= 0.3 is 25.7 Å². The van der Waals surface area contributed by atoms with Crippen LogP contribution in [0, 0.1) is 0 Å². The smallest absolute Gasteiger partial charge is 0.472 e. The number of aliphatic carboxylic acids is 1. The van der Waals surface area contributed by atoms with Gasteiger partial charge in [-0.1, -0.05) is 135 Å². The Bertz CT molecular complexity index is 900. The number of allylic oxidation sites excluding steroid dienone is 2. The lowest BCUT2D eigenvalue weighted by Crippen LogP contribution is -2.34. The summed E-state index contributed by atoms with van der Waals surface area (Å²) >= 11 is 0. The van der Waals surface area contributed by atoms with E-state index in [4.69, 9.17) is 24.8 Å². The van der Waals surface area contributed by atoms with Crippen LogP contribution in [0.4, 0.5) is 0 Å². The SMILES string of the molecule is CCCCC/C=C/CCCCCCCC(=O)O[C@H](COC(=O)CCCCCCCCCCCCCCC)COP(=O)(O)OC[C@H](N)C(=O)O. The minimum absolute atomic E-state index is 0.154. The monoisotopic (exact) mass is 719 g/mol. The highest BCUT2D eigenvalue weighted by atomic mass is 31.2. The van der Waals surface area contributed by atoms with Crippen molar-refractivity contribution < 1.29 is 47.5 Å². The van der Waals surface area contributed by atoms with Crippen LogP contribution in [0.5, 0.6) is 0 Å². The number of rotatable bonds is 36. The summed E-state index contributed by atoms with van der Waals surface area (Å²) in [5.41, 5.74) is 5.31. The third kappa shape index (κ3) is 33.1. The first-order valence-electron chi connectivity index (χ1n) is 19.2. The number of hydrogen-bond donors (Lipinski definition) is 3. The Morgan fingerprint density at radius 2 is 1.02 bits per heavy atom. The lowest BCUT2D eigenvalue weighted by Gasteiger charge is -2.20. The van der Waals surface area contributed by atoms with E-state index in [9.17, 15) is 23.8 Å². The van der Waals surface area contributed by atoms with Crippen LogP contribution in [-0.4, -0.2) is 59.9 Å². The first kappa shape index (κ1) is 47.2. The van der Waals surface area contributed by atoms with Crippen LogP contribution in [0.15, 0.2) is 12.2 Å². The summed E-state index contributed by atoms with van der Waals surface area (Å²) in [6.07, 6.45) is 29.9. The summed E-state index contributed by atoms with van der Waals surface area (Å²) in [5, 5.41) is 8.85. The third-order valence-electron chi connectivity index (χ3n) is 8.26. The molecule has 49 heavy (non-hydrogen) atoms. The van der Waals surface area contributed by atoms with E-state index in [2.05, 4.69) is 30.5 Å². The second-order valence-corrected chi connectivity index (χ2v) is 14.5. The molecule has 12 heteroatoms. The molecule has 0 saturated carbocycles. The summed E-state index contributed by atoms with van der Waals surface area (Å²) in [7, 11) is -4.70. The van der Waals surface area contributed by atoms with Gasteiger partial charge in [0.25, 0.3) is 0 Å². The molecule has 0 bridgehead atoms. The quantitative estimate of drug-likeness (QED) is 0.0244. The molecule has 0 aromatic heterocycles. The first-order chi connectivity index (χ1) is 23.6. The molecule has 0 amide bonds. The highest BCUT2D eigenvalue weighted by Gasteiger charge is 2.28. The van der Waals surface area contributed by atoms with Crippen LogP contribution in [0.1, 0.15) is 174 Å². The summed E-state index contributed by atoms with van der Waals surface area (Å²) in [6.45, 7) is 2.75. The molecule has 0 radical (unpaired) electrons. The van der Waals surface area contributed by atoms with E-state index in [1.807, 2.05) is 0 Å². The maximum atomic E-state index is 12.5. The molecule has 0 aliphatic heterocycles. The molecule has 3 atom stereocenters. The number of phosphoric ester groups is 1. The molecule has 288 valence electrons. The Labute approximate surface area is 297 Å². The van der Waals surface area contributed by atoms with Crippen LogP contribution < -0.4 is 5.73 Å². The minimum atomic E-state index is -4.70. The van der Waals surface area contributed by atoms with E-state index in [1.54, 1.807) is 0 Å². The summed E-state index contributed by atoms with van der Waals surface area (Å²) in [5.74, 6) is -2.38. The summed E-state index contributed by atoms with van der Waals surface area (Å²) in [4.78, 5) is 45.7. The second kappa shape index (κ2) is 33.4. The lowest BCUT2D eigenvalue weighted by molar-refractivity contribution is -0.161. The number of phosphoric acid groups is 1. The van der Waals surface area contributed by atoms with E-state index in [0.717, 1.165) is 57.8 Å². The molecular weight excluding hydrogens is 649 g/mol. The lowest BCUT2D eigenvalue weighted by atomic mass is 10.0. The Morgan fingerprint density at radius 1 is 0.612 bits per heavy atom. The predicted octanol–water partition coefficient (Wildman–Crippen LogP) is 9.34. The number of carboxylic acids is 1. The van der Waals surface area contributed by atoms with Gasteiger partial charge in [-0.25, -0.2) is 4.57 Å². The molecule has 4 N–H and O–H groups in total. The van der Waals surface area contributed by atoms with Crippen molar-refractivity contribution in [2.24, 2.45) is 5.73 Å². The van der Waals surface area contributed by atoms with Gasteiger partial charge in [0, 0.05) is 12.8 Å². The van der Waals surface area contributed by atoms with Crippen molar-refractivity contribution in [3.63, 3.8) is 0 Å². The van der Waals surface area contributed by atoms with Gasteiger partial charge in [-0.2, -0.15) is 0 Å². The molecular formula is C37H70NO10P. The van der Waals surface area contributed by atoms with Gasteiger partial charge in [-0.15, -0.1) is 0 Å². The van der Waals surface area contributed by atoms with E-state index in [1.165, 1.54) is 77.0 Å².